The van der Waals surface area contributed by atoms with Gasteiger partial charge in [0.1, 0.15) is 5.69 Å². The lowest BCUT2D eigenvalue weighted by molar-refractivity contribution is 0.0942. The minimum absolute atomic E-state index is 0. The van der Waals surface area contributed by atoms with Crippen LogP contribution in [0, 0.1) is 0 Å². The van der Waals surface area contributed by atoms with Crippen LogP contribution in [0.5, 0.6) is 0 Å². The van der Waals surface area contributed by atoms with Crippen LogP contribution in [0.2, 0.25) is 0 Å². The molecule has 2 saturated heterocycles. The highest BCUT2D eigenvalue weighted by atomic mass is 35.5. The lowest BCUT2D eigenvalue weighted by Gasteiger charge is -2.22. The third-order valence-corrected chi connectivity index (χ3v) is 4.90. The molecule has 0 saturated carbocycles. The second-order valence-corrected chi connectivity index (χ2v) is 6.69. The molecule has 2 fully saturated rings. The molecule has 1 amide bonds. The third-order valence-electron chi connectivity index (χ3n) is 4.90. The number of amides is 1. The molecule has 0 aliphatic carbocycles. The molecule has 3 rings (SSSR count). The van der Waals surface area contributed by atoms with E-state index >= 15 is 0 Å². The minimum Gasteiger partial charge on any atom is -0.349 e. The van der Waals surface area contributed by atoms with Crippen molar-refractivity contribution in [3.8, 4) is 0 Å². The highest BCUT2D eigenvalue weighted by Gasteiger charge is 2.17. The number of rotatable bonds is 5. The molecule has 6 nitrogen and oxygen atoms in total. The first kappa shape index (κ1) is 19.2. The number of piperidine rings is 1. The summed E-state index contributed by atoms with van der Waals surface area (Å²) < 4.78 is 1.94. The van der Waals surface area contributed by atoms with Gasteiger partial charge in [0.15, 0.2) is 0 Å². The van der Waals surface area contributed by atoms with Gasteiger partial charge in [-0.1, -0.05) is 12.8 Å². The van der Waals surface area contributed by atoms with Crippen LogP contribution >= 0.6 is 12.4 Å². The van der Waals surface area contributed by atoms with E-state index in [1.807, 2.05) is 16.9 Å². The zero-order valence-corrected chi connectivity index (χ0v) is 15.2. The lowest BCUT2D eigenvalue weighted by Crippen LogP contribution is -2.36. The van der Waals surface area contributed by atoms with E-state index in [9.17, 15) is 4.79 Å². The first-order chi connectivity index (χ1) is 11.3. The topological polar surface area (TPSA) is 62.2 Å². The number of nitrogens with one attached hydrogen (secondary N) is 2. The fourth-order valence-electron chi connectivity index (χ4n) is 3.50. The fraction of sp³-hybridized carbons (Fsp3) is 0.765. The SMILES string of the molecule is Cl.O=C(NCCN1CCCCCC1)c1ccn(C2CCCNC2)n1. The molecule has 0 aromatic carbocycles. The van der Waals surface area contributed by atoms with Crippen LogP contribution in [-0.2, 0) is 0 Å². The molecule has 2 aliphatic rings. The summed E-state index contributed by atoms with van der Waals surface area (Å²) in [6.07, 6.45) is 9.49. The van der Waals surface area contributed by atoms with E-state index in [4.69, 9.17) is 0 Å². The van der Waals surface area contributed by atoms with Gasteiger partial charge in [0, 0.05) is 25.8 Å². The molecule has 0 spiro atoms. The summed E-state index contributed by atoms with van der Waals surface area (Å²) in [6, 6.07) is 2.21. The smallest absolute Gasteiger partial charge is 0.271 e. The first-order valence-corrected chi connectivity index (χ1v) is 9.09. The second-order valence-electron chi connectivity index (χ2n) is 6.69. The van der Waals surface area contributed by atoms with Gasteiger partial charge >= 0.3 is 0 Å². The van der Waals surface area contributed by atoms with Crippen LogP contribution in [-0.4, -0.2) is 59.9 Å². The Labute approximate surface area is 150 Å². The Balaban J connectivity index is 0.00000208. The second kappa shape index (κ2) is 10.0. The summed E-state index contributed by atoms with van der Waals surface area (Å²) in [6.45, 7) is 6.01. The van der Waals surface area contributed by atoms with Crippen molar-refractivity contribution < 1.29 is 4.79 Å². The molecule has 2 aliphatic heterocycles. The summed E-state index contributed by atoms with van der Waals surface area (Å²) in [7, 11) is 0. The number of hydrogen-bond acceptors (Lipinski definition) is 4. The zero-order valence-electron chi connectivity index (χ0n) is 14.4. The summed E-state index contributed by atoms with van der Waals surface area (Å²) in [5.41, 5.74) is 0.534. The summed E-state index contributed by atoms with van der Waals surface area (Å²) in [4.78, 5) is 14.7. The Morgan fingerprint density at radius 3 is 2.75 bits per heavy atom. The van der Waals surface area contributed by atoms with Gasteiger partial charge in [-0.2, -0.15) is 5.10 Å². The predicted octanol–water partition coefficient (Wildman–Crippen LogP) is 1.84. The van der Waals surface area contributed by atoms with Crippen molar-refractivity contribution in [3.63, 3.8) is 0 Å². The molecule has 1 atom stereocenters. The summed E-state index contributed by atoms with van der Waals surface area (Å²) in [5.74, 6) is -0.0534. The number of halogens is 1. The minimum atomic E-state index is -0.0534. The normalized spacial score (nSPS) is 22.4. The maximum Gasteiger partial charge on any atom is 0.271 e. The molecule has 0 radical (unpaired) electrons. The molecule has 3 heterocycles. The van der Waals surface area contributed by atoms with Crippen LogP contribution in [0.15, 0.2) is 12.3 Å². The molecular formula is C17H30ClN5O. The van der Waals surface area contributed by atoms with E-state index in [0.717, 1.165) is 26.1 Å². The zero-order chi connectivity index (χ0) is 15.9. The van der Waals surface area contributed by atoms with Crippen LogP contribution in [0.1, 0.15) is 55.1 Å². The van der Waals surface area contributed by atoms with Gasteiger partial charge in [-0.3, -0.25) is 9.48 Å². The average Bonchev–Trinajstić information content (AvgIpc) is 2.94. The molecule has 1 unspecified atom stereocenters. The average molecular weight is 356 g/mol. The maximum absolute atomic E-state index is 12.2. The molecule has 24 heavy (non-hydrogen) atoms. The number of nitrogens with zero attached hydrogens (tertiary/aromatic N) is 3. The summed E-state index contributed by atoms with van der Waals surface area (Å²) >= 11 is 0. The maximum atomic E-state index is 12.2. The van der Waals surface area contributed by atoms with Crippen LogP contribution in [0.3, 0.4) is 0 Å². The van der Waals surface area contributed by atoms with Gasteiger partial charge < -0.3 is 15.5 Å². The van der Waals surface area contributed by atoms with Crippen LogP contribution in [0.4, 0.5) is 0 Å². The highest BCUT2D eigenvalue weighted by molar-refractivity contribution is 5.92. The molecule has 1 aromatic rings. The van der Waals surface area contributed by atoms with Gasteiger partial charge in [-0.15, -0.1) is 12.4 Å². The van der Waals surface area contributed by atoms with Gasteiger partial charge in [0.05, 0.1) is 6.04 Å². The molecule has 1 aromatic heterocycles. The Hall–Kier alpha value is -1.11. The molecular weight excluding hydrogens is 326 g/mol. The predicted molar refractivity (Wildman–Crippen MR) is 97.9 cm³/mol. The van der Waals surface area contributed by atoms with Gasteiger partial charge in [-0.25, -0.2) is 0 Å². The standard InChI is InChI=1S/C17H29N5O.ClH/c23-17(19-9-13-21-10-3-1-2-4-11-21)16-7-12-22(20-16)15-6-5-8-18-14-15;/h7,12,15,18H,1-6,8-11,13-14H2,(H,19,23);1H. The van der Waals surface area contributed by atoms with E-state index < -0.39 is 0 Å². The monoisotopic (exact) mass is 355 g/mol. The number of hydrogen-bond donors (Lipinski definition) is 2. The lowest BCUT2D eigenvalue weighted by atomic mass is 10.1. The van der Waals surface area contributed by atoms with E-state index in [-0.39, 0.29) is 18.3 Å². The van der Waals surface area contributed by atoms with Crippen molar-refractivity contribution in [1.82, 2.24) is 25.3 Å². The van der Waals surface area contributed by atoms with E-state index in [2.05, 4.69) is 20.6 Å². The highest BCUT2D eigenvalue weighted by Crippen LogP contribution is 2.15. The van der Waals surface area contributed by atoms with Crippen molar-refractivity contribution >= 4 is 18.3 Å². The van der Waals surface area contributed by atoms with Crippen LogP contribution < -0.4 is 10.6 Å². The Bertz CT molecular complexity index is 493. The Morgan fingerprint density at radius 2 is 2.04 bits per heavy atom. The molecule has 0 bridgehead atoms. The fourth-order valence-corrected chi connectivity index (χ4v) is 3.50. The number of likely N-dealkylation sites (tertiary alicyclic amines) is 1. The number of aromatic nitrogens is 2. The van der Waals surface area contributed by atoms with E-state index in [0.29, 0.717) is 18.3 Å². The van der Waals surface area contributed by atoms with Crippen molar-refractivity contribution in [3.05, 3.63) is 18.0 Å². The largest absolute Gasteiger partial charge is 0.349 e. The van der Waals surface area contributed by atoms with E-state index in [1.165, 1.54) is 45.2 Å². The van der Waals surface area contributed by atoms with Crippen molar-refractivity contribution in [2.45, 2.75) is 44.6 Å². The Morgan fingerprint density at radius 1 is 1.25 bits per heavy atom. The van der Waals surface area contributed by atoms with Crippen molar-refractivity contribution in [2.24, 2.45) is 0 Å². The molecule has 7 heteroatoms. The quantitative estimate of drug-likeness (QED) is 0.846. The third kappa shape index (κ3) is 5.46. The van der Waals surface area contributed by atoms with Gasteiger partial charge in [-0.05, 0) is 51.4 Å². The number of carbonyl (C=O) groups is 1. The van der Waals surface area contributed by atoms with Gasteiger partial charge in [0.25, 0.3) is 5.91 Å². The Kier molecular flexibility index (Phi) is 8.02. The van der Waals surface area contributed by atoms with Crippen molar-refractivity contribution in [2.75, 3.05) is 39.3 Å². The van der Waals surface area contributed by atoms with Crippen LogP contribution in [0.25, 0.3) is 0 Å². The van der Waals surface area contributed by atoms with Crippen molar-refractivity contribution in [1.29, 1.82) is 0 Å². The van der Waals surface area contributed by atoms with E-state index in [1.54, 1.807) is 0 Å². The molecule has 2 N–H and O–H groups in total. The first-order valence-electron chi connectivity index (χ1n) is 9.09. The summed E-state index contributed by atoms with van der Waals surface area (Å²) in [5, 5.41) is 10.9. The van der Waals surface area contributed by atoms with Gasteiger partial charge in [0.2, 0.25) is 0 Å². The number of carbonyl (C=O) groups excluding carboxylic acids is 1. The molecule has 136 valence electrons.